The Kier molecular flexibility index (Phi) is 8.25. The minimum Gasteiger partial charge on any atom is -0.480 e. The van der Waals surface area contributed by atoms with E-state index in [1.807, 2.05) is 0 Å². The van der Waals surface area contributed by atoms with E-state index in [2.05, 4.69) is 44.0 Å². The van der Waals surface area contributed by atoms with E-state index < -0.39 is 37.8 Å². The first-order valence-electron chi connectivity index (χ1n) is 13.0. The number of ether oxygens (including phenoxy) is 1. The topological polar surface area (TPSA) is 109 Å². The van der Waals surface area contributed by atoms with Gasteiger partial charge in [0.2, 0.25) is 11.8 Å². The Labute approximate surface area is 242 Å². The second kappa shape index (κ2) is 11.7. The number of halogens is 3. The molecule has 0 spiro atoms. The minimum absolute atomic E-state index is 0.0414. The number of aromatic nitrogens is 3. The van der Waals surface area contributed by atoms with Crippen molar-refractivity contribution in [2.45, 2.75) is 42.7 Å². The summed E-state index contributed by atoms with van der Waals surface area (Å²) in [6.45, 7) is 0. The molecule has 1 saturated carbocycles. The lowest BCUT2D eigenvalue weighted by Gasteiger charge is -2.33. The number of fused-ring (bicyclic) bond motifs is 1. The van der Waals surface area contributed by atoms with Crippen molar-refractivity contribution in [1.82, 2.24) is 19.9 Å². The minimum atomic E-state index is -4.39. The Balaban J connectivity index is 1.42. The monoisotopic (exact) mass is 602 g/mol. The Hall–Kier alpha value is -3.61. The molecule has 0 bridgehead atoms. The van der Waals surface area contributed by atoms with Gasteiger partial charge >= 0.3 is 0 Å². The summed E-state index contributed by atoms with van der Waals surface area (Å²) in [6, 6.07) is 8.62. The van der Waals surface area contributed by atoms with E-state index >= 15 is 4.39 Å². The van der Waals surface area contributed by atoms with E-state index in [1.165, 1.54) is 19.4 Å². The third kappa shape index (κ3) is 6.19. The van der Waals surface area contributed by atoms with E-state index in [0.717, 1.165) is 43.9 Å². The Morgan fingerprint density at radius 2 is 1.88 bits per heavy atom. The number of benzene rings is 2. The highest BCUT2D eigenvalue weighted by Crippen LogP contribution is 2.34. The van der Waals surface area contributed by atoms with Gasteiger partial charge in [-0.3, -0.25) is 4.72 Å². The third-order valence-corrected chi connectivity index (χ3v) is 8.75. The van der Waals surface area contributed by atoms with Gasteiger partial charge in [-0.25, -0.2) is 32.2 Å². The van der Waals surface area contributed by atoms with Crippen molar-refractivity contribution in [1.29, 1.82) is 0 Å². The number of anilines is 2. The van der Waals surface area contributed by atoms with Crippen molar-refractivity contribution in [3.63, 3.8) is 0 Å². The van der Waals surface area contributed by atoms with Gasteiger partial charge in [-0.1, -0.05) is 17.7 Å². The molecular formula is C28H29ClF2N6O3S. The molecule has 0 aliphatic heterocycles. The maximum atomic E-state index is 15.7. The van der Waals surface area contributed by atoms with Crippen LogP contribution in [0.1, 0.15) is 25.7 Å². The smallest absolute Gasteiger partial charge is 0.267 e. The van der Waals surface area contributed by atoms with Crippen LogP contribution in [0.2, 0.25) is 5.02 Å². The molecule has 13 heteroatoms. The van der Waals surface area contributed by atoms with Gasteiger partial charge in [0.1, 0.15) is 5.82 Å². The molecule has 0 saturated heterocycles. The molecule has 2 atom stereocenters. The normalized spacial score (nSPS) is 17.5. The number of pyridine rings is 1. The van der Waals surface area contributed by atoms with E-state index in [-0.39, 0.29) is 22.5 Å². The van der Waals surface area contributed by atoms with Gasteiger partial charge in [0.05, 0.1) is 28.9 Å². The highest BCUT2D eigenvalue weighted by atomic mass is 35.5. The molecule has 216 valence electrons. The molecule has 2 aromatic carbocycles. The molecular weight excluding hydrogens is 574 g/mol. The fraction of sp³-hybridized carbons (Fsp3) is 0.321. The van der Waals surface area contributed by atoms with E-state index in [4.69, 9.17) is 16.3 Å². The average Bonchev–Trinajstić information content (AvgIpc) is 2.95. The molecule has 2 aromatic heterocycles. The lowest BCUT2D eigenvalue weighted by molar-refractivity contribution is 0.219. The van der Waals surface area contributed by atoms with Crippen molar-refractivity contribution >= 4 is 44.2 Å². The van der Waals surface area contributed by atoms with Crippen LogP contribution in [0, 0.1) is 11.6 Å². The van der Waals surface area contributed by atoms with E-state index in [1.54, 1.807) is 18.3 Å². The molecule has 1 aliphatic carbocycles. The van der Waals surface area contributed by atoms with Crippen LogP contribution >= 0.6 is 11.6 Å². The van der Waals surface area contributed by atoms with Gasteiger partial charge in [-0.15, -0.1) is 0 Å². The zero-order valence-corrected chi connectivity index (χ0v) is 24.2. The van der Waals surface area contributed by atoms with Gasteiger partial charge in [-0.05, 0) is 75.7 Å². The quantitative estimate of drug-likeness (QED) is 0.264. The Bertz CT molecular complexity index is 1710. The molecule has 0 amide bonds. The summed E-state index contributed by atoms with van der Waals surface area (Å²) >= 11 is 5.91. The molecule has 0 radical (unpaired) electrons. The summed E-state index contributed by atoms with van der Waals surface area (Å²) < 4.78 is 63.9. The number of methoxy groups -OCH3 is 1. The van der Waals surface area contributed by atoms with Crippen LogP contribution < -0.4 is 14.8 Å². The Morgan fingerprint density at radius 3 is 2.63 bits per heavy atom. The predicted molar refractivity (Wildman–Crippen MR) is 155 cm³/mol. The first-order valence-corrected chi connectivity index (χ1v) is 14.8. The molecule has 41 heavy (non-hydrogen) atoms. The van der Waals surface area contributed by atoms with Crippen LogP contribution in [0.25, 0.3) is 22.0 Å². The van der Waals surface area contributed by atoms with Crippen LogP contribution in [0.4, 0.5) is 20.4 Å². The van der Waals surface area contributed by atoms with Crippen LogP contribution in [-0.2, 0) is 10.0 Å². The van der Waals surface area contributed by atoms with Crippen molar-refractivity contribution in [3.05, 3.63) is 65.4 Å². The maximum Gasteiger partial charge on any atom is 0.267 e. The third-order valence-electron chi connectivity index (χ3n) is 7.18. The van der Waals surface area contributed by atoms with Gasteiger partial charge in [-0.2, -0.15) is 0 Å². The van der Waals surface area contributed by atoms with Crippen LogP contribution in [0.15, 0.2) is 53.7 Å². The fourth-order valence-corrected chi connectivity index (χ4v) is 6.48. The second-order valence-corrected chi connectivity index (χ2v) is 12.2. The summed E-state index contributed by atoms with van der Waals surface area (Å²) in [5.41, 5.74) is -0.0596. The number of hydrogen-bond acceptors (Lipinski definition) is 8. The fourth-order valence-electron chi connectivity index (χ4n) is 5.05. The first kappa shape index (κ1) is 28.9. The van der Waals surface area contributed by atoms with Crippen molar-refractivity contribution in [2.24, 2.45) is 0 Å². The average molecular weight is 603 g/mol. The standard InChI is InChI=1S/C28H29ClF2N6O3S/c1-37(2)20-6-4-5-19(13-20)34-28-33-14-17-11-16(7-9-22(17)35-28)25-21(30)8-10-23(26(25)31)36-41(38,39)24-12-18(29)15-32-27(24)40-3/h7-12,14-15,19-20,36H,4-6,13H2,1-3H3,(H,33,34,35)/t19-,20+/m1/s1. The lowest BCUT2D eigenvalue weighted by Crippen LogP contribution is -2.38. The SMILES string of the molecule is COc1ncc(Cl)cc1S(=O)(=O)Nc1ccc(F)c(-c2ccc3nc(N[C@@H]4CCC[C@H](N(C)C)C4)ncc3c2)c1F. The zero-order valence-electron chi connectivity index (χ0n) is 22.7. The molecule has 1 fully saturated rings. The van der Waals surface area contributed by atoms with Crippen LogP contribution in [-0.4, -0.2) is 61.6 Å². The first-order chi connectivity index (χ1) is 19.6. The molecule has 2 N–H and O–H groups in total. The number of hydrogen-bond donors (Lipinski definition) is 2. The van der Waals surface area contributed by atoms with E-state index in [0.29, 0.717) is 22.9 Å². The molecule has 1 aliphatic rings. The van der Waals surface area contributed by atoms with Gasteiger partial charge in [0.25, 0.3) is 10.0 Å². The van der Waals surface area contributed by atoms with Crippen molar-refractivity contribution in [3.8, 4) is 17.0 Å². The number of nitrogens with one attached hydrogen (secondary N) is 2. The predicted octanol–water partition coefficient (Wildman–Crippen LogP) is 5.72. The largest absolute Gasteiger partial charge is 0.480 e. The highest BCUT2D eigenvalue weighted by molar-refractivity contribution is 7.92. The summed E-state index contributed by atoms with van der Waals surface area (Å²) in [6.07, 6.45) is 7.12. The molecule has 2 heterocycles. The summed E-state index contributed by atoms with van der Waals surface area (Å²) in [4.78, 5) is 14.7. The highest BCUT2D eigenvalue weighted by Gasteiger charge is 2.26. The summed E-state index contributed by atoms with van der Waals surface area (Å²) in [5.74, 6) is -1.68. The Morgan fingerprint density at radius 1 is 1.07 bits per heavy atom. The zero-order chi connectivity index (χ0) is 29.3. The molecule has 9 nitrogen and oxygen atoms in total. The maximum absolute atomic E-state index is 15.7. The number of rotatable bonds is 8. The van der Waals surface area contributed by atoms with E-state index in [9.17, 15) is 12.8 Å². The van der Waals surface area contributed by atoms with Crippen molar-refractivity contribution < 1.29 is 21.9 Å². The van der Waals surface area contributed by atoms with Crippen molar-refractivity contribution in [2.75, 3.05) is 31.2 Å². The summed E-state index contributed by atoms with van der Waals surface area (Å²) in [5, 5.41) is 4.03. The van der Waals surface area contributed by atoms with Crippen LogP contribution in [0.3, 0.4) is 0 Å². The molecule has 0 unspecified atom stereocenters. The number of nitrogens with zero attached hydrogens (tertiary/aromatic N) is 4. The van der Waals surface area contributed by atoms with Gasteiger partial charge < -0.3 is 15.0 Å². The second-order valence-electron chi connectivity index (χ2n) is 10.1. The summed E-state index contributed by atoms with van der Waals surface area (Å²) in [7, 11) is 1.02. The van der Waals surface area contributed by atoms with Crippen LogP contribution in [0.5, 0.6) is 5.88 Å². The van der Waals surface area contributed by atoms with Gasteiger partial charge in [0.15, 0.2) is 10.7 Å². The molecule has 5 rings (SSSR count). The number of sulfonamides is 1. The lowest BCUT2D eigenvalue weighted by atomic mass is 9.90. The molecule has 4 aromatic rings. The van der Waals surface area contributed by atoms with Gasteiger partial charge in [0, 0.05) is 29.9 Å².